The van der Waals surface area contributed by atoms with Gasteiger partial charge in [-0.2, -0.15) is 4.39 Å². The lowest BCUT2D eigenvalue weighted by atomic mass is 10.3. The van der Waals surface area contributed by atoms with Gasteiger partial charge in [0.25, 0.3) is 0 Å². The summed E-state index contributed by atoms with van der Waals surface area (Å²) in [6.07, 6.45) is 1.91. The van der Waals surface area contributed by atoms with Crippen molar-refractivity contribution in [2.24, 2.45) is 0 Å². The third-order valence-corrected chi connectivity index (χ3v) is 2.24. The Balaban J connectivity index is 2.16. The third kappa shape index (κ3) is 1.78. The van der Waals surface area contributed by atoms with Crippen LogP contribution in [0.4, 0.5) is 10.1 Å². The first-order valence-electron chi connectivity index (χ1n) is 4.30. The molecule has 1 aromatic rings. The van der Waals surface area contributed by atoms with Gasteiger partial charge in [-0.25, -0.2) is 4.98 Å². The minimum Gasteiger partial charge on any atom is -0.391 e. The first-order chi connectivity index (χ1) is 6.25. The molecular weight excluding hydrogens is 171 g/mol. The van der Waals surface area contributed by atoms with Crippen molar-refractivity contribution < 1.29 is 9.50 Å². The lowest BCUT2D eigenvalue weighted by Crippen LogP contribution is -2.21. The van der Waals surface area contributed by atoms with E-state index in [0.29, 0.717) is 6.54 Å². The normalized spacial score (nSPS) is 22.3. The number of pyridine rings is 1. The molecule has 0 aliphatic carbocycles. The fourth-order valence-electron chi connectivity index (χ4n) is 1.57. The average Bonchev–Trinajstić information content (AvgIpc) is 2.52. The number of aliphatic hydroxyl groups is 1. The lowest BCUT2D eigenvalue weighted by molar-refractivity contribution is 0.198. The number of β-amino-alcohol motifs (C(OH)–C–C–N with tert-alkyl or cyclic N) is 1. The number of rotatable bonds is 1. The largest absolute Gasteiger partial charge is 0.391 e. The van der Waals surface area contributed by atoms with E-state index in [-0.39, 0.29) is 6.10 Å². The molecule has 3 nitrogen and oxygen atoms in total. The molecule has 0 bridgehead atoms. The minimum absolute atomic E-state index is 0.281. The smallest absolute Gasteiger partial charge is 0.214 e. The van der Waals surface area contributed by atoms with E-state index in [1.165, 1.54) is 12.3 Å². The van der Waals surface area contributed by atoms with Gasteiger partial charge in [0.15, 0.2) is 0 Å². The zero-order chi connectivity index (χ0) is 9.26. The van der Waals surface area contributed by atoms with Crippen molar-refractivity contribution in [2.75, 3.05) is 18.0 Å². The summed E-state index contributed by atoms with van der Waals surface area (Å²) in [5.41, 5.74) is 0.795. The maximum Gasteiger partial charge on any atom is 0.214 e. The molecule has 1 saturated heterocycles. The van der Waals surface area contributed by atoms with Gasteiger partial charge in [0, 0.05) is 31.0 Å². The molecule has 1 aliphatic rings. The van der Waals surface area contributed by atoms with Crippen LogP contribution >= 0.6 is 0 Å². The zero-order valence-electron chi connectivity index (χ0n) is 7.15. The van der Waals surface area contributed by atoms with Crippen molar-refractivity contribution in [1.29, 1.82) is 0 Å². The van der Waals surface area contributed by atoms with Crippen LogP contribution < -0.4 is 4.90 Å². The van der Waals surface area contributed by atoms with E-state index in [4.69, 9.17) is 0 Å². The van der Waals surface area contributed by atoms with Crippen molar-refractivity contribution in [3.63, 3.8) is 0 Å². The summed E-state index contributed by atoms with van der Waals surface area (Å²) >= 11 is 0. The highest BCUT2D eigenvalue weighted by atomic mass is 19.1. The monoisotopic (exact) mass is 182 g/mol. The fourth-order valence-corrected chi connectivity index (χ4v) is 1.57. The van der Waals surface area contributed by atoms with Gasteiger partial charge in [-0.1, -0.05) is 0 Å². The molecule has 70 valence electrons. The predicted octanol–water partition coefficient (Wildman–Crippen LogP) is 0.792. The van der Waals surface area contributed by atoms with Crippen molar-refractivity contribution in [2.45, 2.75) is 12.5 Å². The average molecular weight is 182 g/mol. The minimum atomic E-state index is -0.473. The summed E-state index contributed by atoms with van der Waals surface area (Å²) in [4.78, 5) is 5.43. The molecule has 1 fully saturated rings. The van der Waals surface area contributed by atoms with Crippen LogP contribution in [-0.2, 0) is 0 Å². The summed E-state index contributed by atoms with van der Waals surface area (Å²) in [7, 11) is 0. The van der Waals surface area contributed by atoms with E-state index in [1.807, 2.05) is 4.90 Å². The number of aliphatic hydroxyl groups excluding tert-OH is 1. The van der Waals surface area contributed by atoms with Crippen LogP contribution in [0.5, 0.6) is 0 Å². The SMILES string of the molecule is O[C@@H]1CCN(c2ccnc(F)c2)C1. The molecule has 0 amide bonds. The van der Waals surface area contributed by atoms with Crippen molar-refractivity contribution >= 4 is 5.69 Å². The summed E-state index contributed by atoms with van der Waals surface area (Å²) in [6.45, 7) is 1.37. The molecule has 4 heteroatoms. The molecule has 1 N–H and O–H groups in total. The Morgan fingerprint density at radius 3 is 3.08 bits per heavy atom. The summed E-state index contributed by atoms with van der Waals surface area (Å²) in [5, 5.41) is 9.28. The molecule has 0 radical (unpaired) electrons. The molecule has 0 unspecified atom stereocenters. The highest BCUT2D eigenvalue weighted by Crippen LogP contribution is 2.19. The molecule has 0 saturated carbocycles. The molecular formula is C9H11FN2O. The highest BCUT2D eigenvalue weighted by Gasteiger charge is 2.20. The molecule has 0 spiro atoms. The molecule has 2 rings (SSSR count). The van der Waals surface area contributed by atoms with E-state index in [1.54, 1.807) is 6.07 Å². The van der Waals surface area contributed by atoms with E-state index in [0.717, 1.165) is 18.7 Å². The maximum absolute atomic E-state index is 12.7. The molecule has 1 aliphatic heterocycles. The predicted molar refractivity (Wildman–Crippen MR) is 47.0 cm³/mol. The Hall–Kier alpha value is -1.16. The van der Waals surface area contributed by atoms with Crippen LogP contribution in [0.1, 0.15) is 6.42 Å². The number of hydrogen-bond acceptors (Lipinski definition) is 3. The van der Waals surface area contributed by atoms with Gasteiger partial charge in [0.05, 0.1) is 6.10 Å². The van der Waals surface area contributed by atoms with E-state index < -0.39 is 5.95 Å². The topological polar surface area (TPSA) is 36.4 Å². The molecule has 13 heavy (non-hydrogen) atoms. The van der Waals surface area contributed by atoms with Crippen LogP contribution in [0.3, 0.4) is 0 Å². The van der Waals surface area contributed by atoms with Crippen LogP contribution in [0, 0.1) is 5.95 Å². The fraction of sp³-hybridized carbons (Fsp3) is 0.444. The molecule has 0 aromatic carbocycles. The van der Waals surface area contributed by atoms with Gasteiger partial charge in [-0.15, -0.1) is 0 Å². The Morgan fingerprint density at radius 2 is 2.46 bits per heavy atom. The van der Waals surface area contributed by atoms with Gasteiger partial charge < -0.3 is 10.0 Å². The first kappa shape index (κ1) is 8.44. The van der Waals surface area contributed by atoms with Crippen molar-refractivity contribution in [1.82, 2.24) is 4.98 Å². The summed E-state index contributed by atoms with van der Waals surface area (Å²) in [5.74, 6) is -0.473. The standard InChI is InChI=1S/C9H11FN2O/c10-9-5-7(1-3-11-9)12-4-2-8(13)6-12/h1,3,5,8,13H,2,4,6H2/t8-/m1/s1. The maximum atomic E-state index is 12.7. The highest BCUT2D eigenvalue weighted by molar-refractivity contribution is 5.46. The van der Waals surface area contributed by atoms with E-state index >= 15 is 0 Å². The second-order valence-corrected chi connectivity index (χ2v) is 3.23. The van der Waals surface area contributed by atoms with E-state index in [9.17, 15) is 9.50 Å². The second-order valence-electron chi connectivity index (χ2n) is 3.23. The summed E-state index contributed by atoms with van der Waals surface area (Å²) < 4.78 is 12.7. The van der Waals surface area contributed by atoms with Gasteiger partial charge in [0.2, 0.25) is 5.95 Å². The van der Waals surface area contributed by atoms with Crippen molar-refractivity contribution in [3.8, 4) is 0 Å². The third-order valence-electron chi connectivity index (χ3n) is 2.24. The second kappa shape index (κ2) is 3.30. The number of aromatic nitrogens is 1. The Kier molecular flexibility index (Phi) is 2.14. The Labute approximate surface area is 75.8 Å². The van der Waals surface area contributed by atoms with Crippen molar-refractivity contribution in [3.05, 3.63) is 24.3 Å². The number of nitrogens with zero attached hydrogens (tertiary/aromatic N) is 2. The Bertz CT molecular complexity index is 305. The van der Waals surface area contributed by atoms with Crippen LogP contribution in [-0.4, -0.2) is 29.3 Å². The first-order valence-corrected chi connectivity index (χ1v) is 4.30. The van der Waals surface area contributed by atoms with Crippen LogP contribution in [0.2, 0.25) is 0 Å². The van der Waals surface area contributed by atoms with Gasteiger partial charge in [0.1, 0.15) is 0 Å². The summed E-state index contributed by atoms with van der Waals surface area (Å²) in [6, 6.07) is 3.14. The molecule has 2 heterocycles. The quantitative estimate of drug-likeness (QED) is 0.652. The number of anilines is 1. The number of hydrogen-bond donors (Lipinski definition) is 1. The lowest BCUT2D eigenvalue weighted by Gasteiger charge is -2.16. The van der Waals surface area contributed by atoms with Crippen LogP contribution in [0.25, 0.3) is 0 Å². The van der Waals surface area contributed by atoms with Gasteiger partial charge >= 0.3 is 0 Å². The van der Waals surface area contributed by atoms with Gasteiger partial charge in [-0.3, -0.25) is 0 Å². The van der Waals surface area contributed by atoms with Gasteiger partial charge in [-0.05, 0) is 12.5 Å². The Morgan fingerprint density at radius 1 is 1.62 bits per heavy atom. The molecule has 1 atom stereocenters. The zero-order valence-corrected chi connectivity index (χ0v) is 7.15. The van der Waals surface area contributed by atoms with E-state index in [2.05, 4.69) is 4.98 Å². The number of halogens is 1. The van der Waals surface area contributed by atoms with Crippen LogP contribution in [0.15, 0.2) is 18.3 Å². The molecule has 1 aromatic heterocycles.